The molecule has 1 amide bonds. The Morgan fingerprint density at radius 3 is 2.86 bits per heavy atom. The van der Waals surface area contributed by atoms with Crippen molar-refractivity contribution in [1.29, 1.82) is 0 Å². The van der Waals surface area contributed by atoms with E-state index in [4.69, 9.17) is 14.5 Å². The standard InChI is InChI=1S/C25H26N8O3/c1-15-9-10-22-29-30-23(33(15)22)19-6-3-7-20(26-19)28-24(34)17-13-32(31-25(17)35-2)21-8-4-5-18(27-21)16-11-12-36-14-16/h3-8,13,15-16H,9-12,14H2,1-2H3,(H,26,28,34)/t15?,16-/m1/s1. The SMILES string of the molecule is COc1nn(-c2cccc([C@@H]3CCOC3)n2)cc1C(=O)Nc1cccc(-c2nnc3n2C(C)CC3)n1. The van der Waals surface area contributed by atoms with Crippen molar-refractivity contribution in [2.45, 2.75) is 38.1 Å². The minimum Gasteiger partial charge on any atom is -0.479 e. The average molecular weight is 487 g/mol. The van der Waals surface area contributed by atoms with Gasteiger partial charge in [-0.25, -0.2) is 14.6 Å². The Balaban J connectivity index is 1.25. The van der Waals surface area contributed by atoms with E-state index in [1.54, 1.807) is 16.9 Å². The lowest BCUT2D eigenvalue weighted by atomic mass is 10.0. The molecule has 6 heterocycles. The summed E-state index contributed by atoms with van der Waals surface area (Å²) in [5, 5.41) is 15.9. The molecule has 2 aliphatic heterocycles. The molecule has 4 aromatic rings. The molecule has 11 nitrogen and oxygen atoms in total. The van der Waals surface area contributed by atoms with E-state index in [9.17, 15) is 4.79 Å². The van der Waals surface area contributed by atoms with Gasteiger partial charge in [0.1, 0.15) is 22.9 Å². The van der Waals surface area contributed by atoms with Crippen molar-refractivity contribution < 1.29 is 14.3 Å². The van der Waals surface area contributed by atoms with Gasteiger partial charge in [-0.1, -0.05) is 12.1 Å². The van der Waals surface area contributed by atoms with Crippen molar-refractivity contribution in [1.82, 2.24) is 34.5 Å². The Bertz CT molecular complexity index is 1420. The third-order valence-corrected chi connectivity index (χ3v) is 6.67. The quantitative estimate of drug-likeness (QED) is 0.441. The Morgan fingerprint density at radius 1 is 1.14 bits per heavy atom. The fourth-order valence-corrected chi connectivity index (χ4v) is 4.76. The molecule has 1 saturated heterocycles. The summed E-state index contributed by atoms with van der Waals surface area (Å²) in [5.74, 6) is 2.74. The molecule has 2 atom stereocenters. The molecule has 1 fully saturated rings. The molecule has 0 aromatic carbocycles. The van der Waals surface area contributed by atoms with Crippen LogP contribution in [0.2, 0.25) is 0 Å². The Kier molecular flexibility index (Phi) is 5.68. The Hall–Kier alpha value is -4.12. The zero-order valence-corrected chi connectivity index (χ0v) is 20.1. The number of pyridine rings is 2. The minimum atomic E-state index is -0.386. The maximum absolute atomic E-state index is 13.2. The maximum atomic E-state index is 13.2. The summed E-state index contributed by atoms with van der Waals surface area (Å²) in [6.07, 6.45) is 4.49. The number of nitrogens with zero attached hydrogens (tertiary/aromatic N) is 7. The van der Waals surface area contributed by atoms with Gasteiger partial charge in [-0.3, -0.25) is 4.79 Å². The lowest BCUT2D eigenvalue weighted by molar-refractivity contribution is 0.102. The smallest absolute Gasteiger partial charge is 0.263 e. The maximum Gasteiger partial charge on any atom is 0.263 e. The Labute approximate surface area is 207 Å². The van der Waals surface area contributed by atoms with Gasteiger partial charge in [-0.05, 0) is 44.0 Å². The van der Waals surface area contributed by atoms with Crippen LogP contribution < -0.4 is 10.1 Å². The number of rotatable bonds is 6. The Morgan fingerprint density at radius 2 is 2.03 bits per heavy atom. The second kappa shape index (κ2) is 9.15. The summed E-state index contributed by atoms with van der Waals surface area (Å²) in [6.45, 7) is 3.55. The third kappa shape index (κ3) is 4.01. The molecular weight excluding hydrogens is 460 g/mol. The number of hydrogen-bond acceptors (Lipinski definition) is 8. The van der Waals surface area contributed by atoms with Crippen molar-refractivity contribution in [3.05, 3.63) is 59.7 Å². The summed E-state index contributed by atoms with van der Waals surface area (Å²) in [6, 6.07) is 11.5. The highest BCUT2D eigenvalue weighted by atomic mass is 16.5. The van der Waals surface area contributed by atoms with Crippen LogP contribution in [0.4, 0.5) is 5.82 Å². The third-order valence-electron chi connectivity index (χ3n) is 6.67. The summed E-state index contributed by atoms with van der Waals surface area (Å²) in [5.41, 5.74) is 1.87. The number of nitrogens with one attached hydrogen (secondary N) is 1. The van der Waals surface area contributed by atoms with E-state index in [1.165, 1.54) is 7.11 Å². The first-order valence-electron chi connectivity index (χ1n) is 12.0. The van der Waals surface area contributed by atoms with Gasteiger partial charge in [0, 0.05) is 36.9 Å². The first-order chi connectivity index (χ1) is 17.6. The van der Waals surface area contributed by atoms with Gasteiger partial charge in [0.2, 0.25) is 5.88 Å². The van der Waals surface area contributed by atoms with Crippen molar-refractivity contribution >= 4 is 11.7 Å². The van der Waals surface area contributed by atoms with Crippen molar-refractivity contribution in [3.63, 3.8) is 0 Å². The highest BCUT2D eigenvalue weighted by molar-refractivity contribution is 6.05. The zero-order valence-electron chi connectivity index (χ0n) is 20.1. The second-order valence-corrected chi connectivity index (χ2v) is 9.04. The van der Waals surface area contributed by atoms with Crippen LogP contribution in [0.1, 0.15) is 53.6 Å². The molecule has 1 N–H and O–H groups in total. The van der Waals surface area contributed by atoms with Crippen LogP contribution in [-0.4, -0.2) is 60.7 Å². The zero-order chi connectivity index (χ0) is 24.6. The van der Waals surface area contributed by atoms with E-state index >= 15 is 0 Å². The molecule has 4 aromatic heterocycles. The molecule has 11 heteroatoms. The van der Waals surface area contributed by atoms with Gasteiger partial charge < -0.3 is 19.4 Å². The molecule has 36 heavy (non-hydrogen) atoms. The van der Waals surface area contributed by atoms with Crippen LogP contribution in [0.25, 0.3) is 17.3 Å². The predicted octanol–water partition coefficient (Wildman–Crippen LogP) is 3.19. The van der Waals surface area contributed by atoms with Crippen LogP contribution >= 0.6 is 0 Å². The van der Waals surface area contributed by atoms with E-state index in [0.29, 0.717) is 35.8 Å². The van der Waals surface area contributed by atoms with Gasteiger partial charge in [0.15, 0.2) is 11.6 Å². The van der Waals surface area contributed by atoms with Crippen molar-refractivity contribution in [2.24, 2.45) is 0 Å². The highest BCUT2D eigenvalue weighted by Gasteiger charge is 2.26. The molecule has 6 rings (SSSR count). The van der Waals surface area contributed by atoms with Crippen LogP contribution in [0.3, 0.4) is 0 Å². The number of amides is 1. The number of carbonyl (C=O) groups is 1. The van der Waals surface area contributed by atoms with E-state index in [-0.39, 0.29) is 23.3 Å². The van der Waals surface area contributed by atoms with Crippen molar-refractivity contribution in [3.8, 4) is 23.2 Å². The molecular formula is C25H26N8O3. The summed E-state index contributed by atoms with van der Waals surface area (Å²) >= 11 is 0. The molecule has 0 radical (unpaired) electrons. The molecule has 184 valence electrons. The number of fused-ring (bicyclic) bond motifs is 1. The van der Waals surface area contributed by atoms with Crippen molar-refractivity contribution in [2.75, 3.05) is 25.6 Å². The number of aromatic nitrogens is 7. The summed E-state index contributed by atoms with van der Waals surface area (Å²) in [4.78, 5) is 22.6. The number of hydrogen-bond donors (Lipinski definition) is 1. The molecule has 0 aliphatic carbocycles. The van der Waals surface area contributed by atoms with E-state index < -0.39 is 0 Å². The van der Waals surface area contributed by atoms with Gasteiger partial charge in [0.05, 0.1) is 13.7 Å². The molecule has 0 spiro atoms. The second-order valence-electron chi connectivity index (χ2n) is 9.04. The van der Waals surface area contributed by atoms with E-state index in [2.05, 4.69) is 37.1 Å². The summed E-state index contributed by atoms with van der Waals surface area (Å²) < 4.78 is 14.6. The number of anilines is 1. The average Bonchev–Trinajstić information content (AvgIpc) is 3.70. The number of ether oxygens (including phenoxy) is 2. The van der Waals surface area contributed by atoms with Gasteiger partial charge in [0.25, 0.3) is 5.91 Å². The first kappa shape index (κ1) is 22.4. The molecule has 0 bridgehead atoms. The van der Waals surface area contributed by atoms with Crippen LogP contribution in [-0.2, 0) is 11.2 Å². The molecule has 1 unspecified atom stereocenters. The lowest BCUT2D eigenvalue weighted by Gasteiger charge is -2.10. The topological polar surface area (TPSA) is 122 Å². The molecule has 2 aliphatic rings. The largest absolute Gasteiger partial charge is 0.479 e. The monoisotopic (exact) mass is 486 g/mol. The van der Waals surface area contributed by atoms with Gasteiger partial charge >= 0.3 is 0 Å². The van der Waals surface area contributed by atoms with Crippen LogP contribution in [0, 0.1) is 0 Å². The lowest BCUT2D eigenvalue weighted by Crippen LogP contribution is -2.14. The van der Waals surface area contributed by atoms with E-state index in [0.717, 1.165) is 37.4 Å². The van der Waals surface area contributed by atoms with Crippen LogP contribution in [0.15, 0.2) is 42.6 Å². The van der Waals surface area contributed by atoms with Crippen LogP contribution in [0.5, 0.6) is 5.88 Å². The number of aryl methyl sites for hydroxylation is 1. The fourth-order valence-electron chi connectivity index (χ4n) is 4.76. The minimum absolute atomic E-state index is 0.198. The normalized spacial score (nSPS) is 18.8. The van der Waals surface area contributed by atoms with Gasteiger partial charge in [-0.15, -0.1) is 15.3 Å². The van der Waals surface area contributed by atoms with E-state index in [1.807, 2.05) is 30.3 Å². The predicted molar refractivity (Wildman–Crippen MR) is 130 cm³/mol. The van der Waals surface area contributed by atoms with Gasteiger partial charge in [-0.2, -0.15) is 0 Å². The fraction of sp³-hybridized carbons (Fsp3) is 0.360. The number of methoxy groups -OCH3 is 1. The number of carbonyl (C=O) groups excluding carboxylic acids is 1. The highest BCUT2D eigenvalue weighted by Crippen LogP contribution is 2.30. The summed E-state index contributed by atoms with van der Waals surface area (Å²) in [7, 11) is 1.48. The molecule has 0 saturated carbocycles. The first-order valence-corrected chi connectivity index (χ1v) is 12.0.